The highest BCUT2D eigenvalue weighted by Gasteiger charge is 2.79. The Morgan fingerprint density at radius 1 is 0.950 bits per heavy atom. The molecule has 0 saturated carbocycles. The van der Waals surface area contributed by atoms with Crippen molar-refractivity contribution in [2.45, 2.75) is 42.6 Å². The molecule has 1 nitrogen and oxygen atoms in total. The Balaban J connectivity index is 5.84. The molecule has 0 saturated heterocycles. The van der Waals surface area contributed by atoms with Gasteiger partial charge >= 0.3 is 23.1 Å². The Bertz CT molecular complexity index is 396. The van der Waals surface area contributed by atoms with Gasteiger partial charge < -0.3 is 5.11 Å². The van der Waals surface area contributed by atoms with Crippen molar-refractivity contribution < 1.29 is 40.2 Å². The SMILES string of the molecule is CC(C)(O)/C(I)=C/C(F)(F)C(F)(F)C(F)(F)C(F)(F)Cl. The summed E-state index contributed by atoms with van der Waals surface area (Å²) in [4.78, 5) is 0. The fraction of sp³-hybridized carbons (Fsp3) is 0.778. The van der Waals surface area contributed by atoms with Crippen molar-refractivity contribution in [2.24, 2.45) is 0 Å². The molecule has 120 valence electrons. The van der Waals surface area contributed by atoms with E-state index in [1.54, 1.807) is 0 Å². The van der Waals surface area contributed by atoms with E-state index >= 15 is 0 Å². The van der Waals surface area contributed by atoms with Crippen molar-refractivity contribution in [3.05, 3.63) is 9.66 Å². The van der Waals surface area contributed by atoms with Crippen LogP contribution in [0.15, 0.2) is 9.66 Å². The van der Waals surface area contributed by atoms with Crippen molar-refractivity contribution >= 4 is 34.2 Å². The monoisotopic (exact) mass is 446 g/mol. The maximum atomic E-state index is 13.2. The Morgan fingerprint density at radius 2 is 1.30 bits per heavy atom. The fourth-order valence-corrected chi connectivity index (χ4v) is 1.32. The van der Waals surface area contributed by atoms with Crippen LogP contribution in [-0.2, 0) is 0 Å². The Labute approximate surface area is 127 Å². The predicted molar refractivity (Wildman–Crippen MR) is 64.0 cm³/mol. The molecule has 0 bridgehead atoms. The molecular weight excluding hydrogens is 438 g/mol. The summed E-state index contributed by atoms with van der Waals surface area (Å²) in [6.45, 7) is 1.82. The van der Waals surface area contributed by atoms with Gasteiger partial charge in [-0.3, -0.25) is 0 Å². The molecule has 1 N–H and O–H groups in total. The molecule has 0 radical (unpaired) electrons. The molecule has 0 rings (SSSR count). The Hall–Kier alpha value is 0.160. The van der Waals surface area contributed by atoms with Gasteiger partial charge in [-0.25, -0.2) is 0 Å². The van der Waals surface area contributed by atoms with E-state index in [4.69, 9.17) is 0 Å². The number of allylic oxidation sites excluding steroid dienone is 1. The van der Waals surface area contributed by atoms with Crippen molar-refractivity contribution in [3.63, 3.8) is 0 Å². The fourth-order valence-electron chi connectivity index (χ4n) is 0.814. The lowest BCUT2D eigenvalue weighted by Gasteiger charge is -2.33. The van der Waals surface area contributed by atoms with E-state index in [0.717, 1.165) is 36.4 Å². The third-order valence-electron chi connectivity index (χ3n) is 2.06. The van der Waals surface area contributed by atoms with Crippen LogP contribution in [0.4, 0.5) is 35.1 Å². The minimum absolute atomic E-state index is 0.704. The largest absolute Gasteiger partial charge is 0.393 e. The van der Waals surface area contributed by atoms with Crippen LogP contribution in [0.5, 0.6) is 0 Å². The molecule has 0 aliphatic carbocycles. The first kappa shape index (κ1) is 20.2. The van der Waals surface area contributed by atoms with E-state index in [-0.39, 0.29) is 0 Å². The summed E-state index contributed by atoms with van der Waals surface area (Å²) in [7, 11) is 0. The zero-order valence-corrected chi connectivity index (χ0v) is 12.7. The van der Waals surface area contributed by atoms with Gasteiger partial charge in [0.2, 0.25) is 0 Å². The summed E-state index contributed by atoms with van der Waals surface area (Å²) in [5.74, 6) is -18.6. The predicted octanol–water partition coefficient (Wildman–Crippen LogP) is 4.81. The minimum Gasteiger partial charge on any atom is -0.385 e. The van der Waals surface area contributed by atoms with Crippen LogP contribution in [-0.4, -0.2) is 33.9 Å². The molecule has 0 heterocycles. The molecule has 0 aliphatic rings. The molecule has 0 fully saturated rings. The lowest BCUT2D eigenvalue weighted by molar-refractivity contribution is -0.335. The molecule has 0 aromatic carbocycles. The van der Waals surface area contributed by atoms with Gasteiger partial charge in [0.05, 0.1) is 5.60 Å². The van der Waals surface area contributed by atoms with Crippen LogP contribution in [0.2, 0.25) is 0 Å². The van der Waals surface area contributed by atoms with E-state index in [2.05, 4.69) is 11.6 Å². The molecule has 0 aromatic heterocycles. The van der Waals surface area contributed by atoms with Crippen molar-refractivity contribution in [2.75, 3.05) is 0 Å². The maximum absolute atomic E-state index is 13.2. The van der Waals surface area contributed by atoms with Gasteiger partial charge in [0.1, 0.15) is 0 Å². The summed E-state index contributed by atoms with van der Waals surface area (Å²) in [6.07, 6.45) is -0.704. The second-order valence-electron chi connectivity index (χ2n) is 4.32. The molecule has 0 aromatic rings. The second-order valence-corrected chi connectivity index (χ2v) is 5.96. The van der Waals surface area contributed by atoms with Gasteiger partial charge in [0, 0.05) is 9.66 Å². The van der Waals surface area contributed by atoms with Crippen molar-refractivity contribution in [1.29, 1.82) is 0 Å². The van der Waals surface area contributed by atoms with Crippen LogP contribution in [0.25, 0.3) is 0 Å². The van der Waals surface area contributed by atoms with E-state index in [0.29, 0.717) is 0 Å². The number of rotatable bonds is 5. The van der Waals surface area contributed by atoms with Crippen LogP contribution in [0, 0.1) is 0 Å². The lowest BCUT2D eigenvalue weighted by Crippen LogP contribution is -2.60. The number of halogens is 10. The van der Waals surface area contributed by atoms with Crippen molar-refractivity contribution in [1.82, 2.24) is 0 Å². The zero-order chi connectivity index (χ0) is 16.8. The average molecular weight is 447 g/mol. The van der Waals surface area contributed by atoms with Crippen molar-refractivity contribution in [3.8, 4) is 0 Å². The number of alkyl halides is 9. The van der Waals surface area contributed by atoms with E-state index < -0.39 is 38.4 Å². The first-order valence-corrected chi connectivity index (χ1v) is 6.15. The Morgan fingerprint density at radius 3 is 1.55 bits per heavy atom. The molecule has 0 amide bonds. The summed E-state index contributed by atoms with van der Waals surface area (Å²) in [5, 5.41) is 3.38. The highest BCUT2D eigenvalue weighted by Crippen LogP contribution is 2.54. The molecular formula is C9H8ClF8IO. The standard InChI is InChI=1S/C9H8ClF8IO/c1-5(2,20)4(19)3-6(11,12)7(13,14)8(15,16)9(10,17)18/h3,20H,1-2H3/b4-3-. The van der Waals surface area contributed by atoms with Gasteiger partial charge in [-0.05, 0) is 48.0 Å². The molecule has 0 unspecified atom stereocenters. The molecule has 11 heteroatoms. The quantitative estimate of drug-likeness (QED) is 0.365. The normalized spacial score (nSPS) is 16.6. The molecule has 0 atom stereocenters. The van der Waals surface area contributed by atoms with Crippen LogP contribution in [0.3, 0.4) is 0 Å². The first-order chi connectivity index (χ1) is 8.38. The van der Waals surface area contributed by atoms with Gasteiger partial charge in [0.25, 0.3) is 0 Å². The summed E-state index contributed by atoms with van der Waals surface area (Å²) >= 11 is 4.77. The zero-order valence-electron chi connectivity index (χ0n) is 9.80. The van der Waals surface area contributed by atoms with E-state index in [1.807, 2.05) is 0 Å². The topological polar surface area (TPSA) is 20.2 Å². The second kappa shape index (κ2) is 5.41. The summed E-state index contributed by atoms with van der Waals surface area (Å²) in [6, 6.07) is 0. The van der Waals surface area contributed by atoms with Crippen LogP contribution in [0.1, 0.15) is 13.8 Å². The maximum Gasteiger partial charge on any atom is 0.393 e. The van der Waals surface area contributed by atoms with E-state index in [9.17, 15) is 40.2 Å². The van der Waals surface area contributed by atoms with Crippen LogP contribution < -0.4 is 0 Å². The molecule has 0 spiro atoms. The highest BCUT2D eigenvalue weighted by molar-refractivity contribution is 14.1. The summed E-state index contributed by atoms with van der Waals surface area (Å²) in [5.41, 5.74) is -2.04. The smallest absolute Gasteiger partial charge is 0.385 e. The lowest BCUT2D eigenvalue weighted by atomic mass is 10.0. The van der Waals surface area contributed by atoms with Gasteiger partial charge in [0.15, 0.2) is 0 Å². The minimum atomic E-state index is -6.50. The van der Waals surface area contributed by atoms with Crippen LogP contribution >= 0.6 is 34.2 Å². The summed E-state index contributed by atoms with van der Waals surface area (Å²) < 4.78 is 102. The third-order valence-corrected chi connectivity index (χ3v) is 3.93. The first-order valence-electron chi connectivity index (χ1n) is 4.69. The highest BCUT2D eigenvalue weighted by atomic mass is 127. The number of hydrogen-bond donors (Lipinski definition) is 1. The molecule has 0 aliphatic heterocycles. The number of aliphatic hydroxyl groups is 1. The molecule has 20 heavy (non-hydrogen) atoms. The average Bonchev–Trinajstić information content (AvgIpc) is 2.12. The van der Waals surface area contributed by atoms with Gasteiger partial charge in [-0.1, -0.05) is 0 Å². The van der Waals surface area contributed by atoms with Gasteiger partial charge in [-0.2, -0.15) is 35.1 Å². The third kappa shape index (κ3) is 3.67. The Kier molecular flexibility index (Phi) is 5.46. The van der Waals surface area contributed by atoms with Gasteiger partial charge in [-0.15, -0.1) is 0 Å². The number of hydrogen-bond acceptors (Lipinski definition) is 1. The van der Waals surface area contributed by atoms with E-state index in [1.165, 1.54) is 0 Å².